The fourth-order valence-electron chi connectivity index (χ4n) is 1.34. The Hall–Kier alpha value is -2.08. The van der Waals surface area contributed by atoms with Crippen LogP contribution in [-0.2, 0) is 0 Å². The van der Waals surface area contributed by atoms with Gasteiger partial charge in [-0.1, -0.05) is 17.4 Å². The summed E-state index contributed by atoms with van der Waals surface area (Å²) >= 11 is 1.34. The van der Waals surface area contributed by atoms with E-state index >= 15 is 0 Å². The Morgan fingerprint density at radius 3 is 2.81 bits per heavy atom. The molecular formula is C10H6N4OS. The average molecular weight is 230 g/mol. The molecule has 0 N–H and O–H groups in total. The number of hydrogen-bond acceptors (Lipinski definition) is 5. The van der Waals surface area contributed by atoms with Crippen molar-refractivity contribution in [3.8, 4) is 10.7 Å². The van der Waals surface area contributed by atoms with Crippen molar-refractivity contribution in [1.82, 2.24) is 19.6 Å². The topological polar surface area (TPSA) is 60.2 Å². The molecule has 0 unspecified atom stereocenters. The zero-order valence-corrected chi connectivity index (χ0v) is 8.89. The van der Waals surface area contributed by atoms with E-state index in [-0.39, 0.29) is 5.56 Å². The number of nitrogens with zero attached hydrogens (tertiary/aromatic N) is 4. The van der Waals surface area contributed by atoms with Gasteiger partial charge in [-0.3, -0.25) is 9.78 Å². The van der Waals surface area contributed by atoms with Crippen molar-refractivity contribution in [1.29, 1.82) is 0 Å². The molecule has 3 aromatic rings. The predicted molar refractivity (Wildman–Crippen MR) is 60.4 cm³/mol. The van der Waals surface area contributed by atoms with Crippen LogP contribution in [0.15, 0.2) is 41.5 Å². The van der Waals surface area contributed by atoms with E-state index < -0.39 is 0 Å². The molecule has 0 aliphatic rings. The van der Waals surface area contributed by atoms with Crippen LogP contribution >= 0.6 is 11.3 Å². The fourth-order valence-corrected chi connectivity index (χ4v) is 2.19. The number of pyridine rings is 1. The maximum atomic E-state index is 11.5. The summed E-state index contributed by atoms with van der Waals surface area (Å²) < 4.78 is 1.29. The van der Waals surface area contributed by atoms with Gasteiger partial charge < -0.3 is 0 Å². The number of rotatable bonds is 1. The van der Waals surface area contributed by atoms with Crippen molar-refractivity contribution in [2.24, 2.45) is 0 Å². The Morgan fingerprint density at radius 2 is 2.06 bits per heavy atom. The van der Waals surface area contributed by atoms with Crippen LogP contribution in [0, 0.1) is 0 Å². The fraction of sp³-hybridized carbons (Fsp3) is 0. The van der Waals surface area contributed by atoms with E-state index in [0.29, 0.717) is 9.97 Å². The van der Waals surface area contributed by atoms with Gasteiger partial charge >= 0.3 is 0 Å². The van der Waals surface area contributed by atoms with Crippen molar-refractivity contribution in [2.75, 3.05) is 0 Å². The van der Waals surface area contributed by atoms with Crippen LogP contribution in [-0.4, -0.2) is 19.6 Å². The van der Waals surface area contributed by atoms with E-state index in [4.69, 9.17) is 0 Å². The first-order valence-electron chi connectivity index (χ1n) is 4.61. The van der Waals surface area contributed by atoms with Crippen LogP contribution < -0.4 is 5.56 Å². The van der Waals surface area contributed by atoms with Crippen LogP contribution in [0.4, 0.5) is 0 Å². The molecule has 0 fully saturated rings. The van der Waals surface area contributed by atoms with Gasteiger partial charge in [-0.05, 0) is 12.1 Å². The average Bonchev–Trinajstić information content (AvgIpc) is 2.76. The van der Waals surface area contributed by atoms with Crippen LogP contribution in [0.1, 0.15) is 0 Å². The van der Waals surface area contributed by atoms with E-state index in [9.17, 15) is 4.79 Å². The third kappa shape index (κ3) is 1.40. The van der Waals surface area contributed by atoms with Gasteiger partial charge in [-0.15, -0.1) is 5.10 Å². The summed E-state index contributed by atoms with van der Waals surface area (Å²) in [5.74, 6) is 0. The molecule has 0 amide bonds. The predicted octanol–water partition coefficient (Wildman–Crippen LogP) is 1.21. The maximum absolute atomic E-state index is 11.5. The van der Waals surface area contributed by atoms with Crippen molar-refractivity contribution < 1.29 is 0 Å². The lowest BCUT2D eigenvalue weighted by molar-refractivity contribution is 0.901. The molecule has 0 saturated heterocycles. The Bertz CT molecular complexity index is 689. The van der Waals surface area contributed by atoms with Crippen molar-refractivity contribution in [3.05, 3.63) is 47.0 Å². The lowest BCUT2D eigenvalue weighted by Crippen LogP contribution is -2.12. The molecular weight excluding hydrogens is 224 g/mol. The molecule has 3 heterocycles. The highest BCUT2D eigenvalue weighted by molar-refractivity contribution is 7.19. The molecule has 0 bridgehead atoms. The highest BCUT2D eigenvalue weighted by Crippen LogP contribution is 2.21. The molecule has 6 heteroatoms. The van der Waals surface area contributed by atoms with Gasteiger partial charge in [0.05, 0.1) is 0 Å². The summed E-state index contributed by atoms with van der Waals surface area (Å²) in [5.41, 5.74) is 0.570. The lowest BCUT2D eigenvalue weighted by Gasteiger charge is -1.90. The first-order chi connectivity index (χ1) is 7.84. The summed E-state index contributed by atoms with van der Waals surface area (Å²) in [7, 11) is 0. The van der Waals surface area contributed by atoms with Gasteiger partial charge in [0.25, 0.3) is 5.56 Å². The van der Waals surface area contributed by atoms with Gasteiger partial charge in [0.2, 0.25) is 4.96 Å². The largest absolute Gasteiger partial charge is 0.275 e. The van der Waals surface area contributed by atoms with Crippen molar-refractivity contribution in [2.45, 2.75) is 0 Å². The van der Waals surface area contributed by atoms with Gasteiger partial charge in [0, 0.05) is 18.5 Å². The van der Waals surface area contributed by atoms with Crippen molar-refractivity contribution in [3.63, 3.8) is 0 Å². The third-order valence-electron chi connectivity index (χ3n) is 2.05. The maximum Gasteiger partial charge on any atom is 0.275 e. The molecule has 0 radical (unpaired) electrons. The number of hydrogen-bond donors (Lipinski definition) is 0. The molecule has 3 aromatic heterocycles. The van der Waals surface area contributed by atoms with Crippen LogP contribution in [0.5, 0.6) is 0 Å². The molecule has 0 spiro atoms. The minimum Gasteiger partial charge on any atom is -0.267 e. The minimum atomic E-state index is -0.177. The first kappa shape index (κ1) is 9.17. The van der Waals surface area contributed by atoms with Gasteiger partial charge in [-0.25, -0.2) is 4.98 Å². The lowest BCUT2D eigenvalue weighted by atomic mass is 10.4. The Labute approximate surface area is 94.0 Å². The van der Waals surface area contributed by atoms with Crippen LogP contribution in [0.25, 0.3) is 15.7 Å². The summed E-state index contributed by atoms with van der Waals surface area (Å²) in [4.78, 5) is 20.3. The van der Waals surface area contributed by atoms with Gasteiger partial charge in [-0.2, -0.15) is 4.52 Å². The zero-order valence-electron chi connectivity index (χ0n) is 8.07. The summed E-state index contributed by atoms with van der Waals surface area (Å²) in [5, 5.41) is 4.87. The number of aromatic nitrogens is 4. The van der Waals surface area contributed by atoms with E-state index in [1.807, 2.05) is 18.2 Å². The summed E-state index contributed by atoms with van der Waals surface area (Å²) in [6.45, 7) is 0. The van der Waals surface area contributed by atoms with Gasteiger partial charge in [0.1, 0.15) is 5.69 Å². The second kappa shape index (κ2) is 3.49. The standard InChI is InChI=1S/C10H6N4OS/c15-8-4-6-12-10-14(8)13-9(16-10)7-3-1-2-5-11-7/h1-6H. The smallest absolute Gasteiger partial charge is 0.267 e. The second-order valence-electron chi connectivity index (χ2n) is 3.10. The molecule has 0 aliphatic carbocycles. The quantitative estimate of drug-likeness (QED) is 0.630. The van der Waals surface area contributed by atoms with E-state index in [0.717, 1.165) is 5.69 Å². The van der Waals surface area contributed by atoms with Crippen LogP contribution in [0.2, 0.25) is 0 Å². The SMILES string of the molecule is O=c1ccnc2sc(-c3ccccn3)nn12. The molecule has 16 heavy (non-hydrogen) atoms. The molecule has 78 valence electrons. The third-order valence-corrected chi connectivity index (χ3v) is 3.00. The highest BCUT2D eigenvalue weighted by atomic mass is 32.1. The molecule has 0 saturated carbocycles. The molecule has 5 nitrogen and oxygen atoms in total. The van der Waals surface area contributed by atoms with Gasteiger partial charge in [0.15, 0.2) is 5.01 Å². The van der Waals surface area contributed by atoms with Crippen LogP contribution in [0.3, 0.4) is 0 Å². The monoisotopic (exact) mass is 230 g/mol. The second-order valence-corrected chi connectivity index (χ2v) is 4.06. The summed E-state index contributed by atoms with van der Waals surface area (Å²) in [6.07, 6.45) is 3.18. The molecule has 0 aliphatic heterocycles. The molecule has 3 rings (SSSR count). The highest BCUT2D eigenvalue weighted by Gasteiger charge is 2.08. The Balaban J connectivity index is 2.28. The Morgan fingerprint density at radius 1 is 1.12 bits per heavy atom. The summed E-state index contributed by atoms with van der Waals surface area (Å²) in [6, 6.07) is 6.95. The first-order valence-corrected chi connectivity index (χ1v) is 5.42. The number of fused-ring (bicyclic) bond motifs is 1. The van der Waals surface area contributed by atoms with E-state index in [2.05, 4.69) is 15.1 Å². The van der Waals surface area contributed by atoms with E-state index in [1.165, 1.54) is 28.1 Å². The van der Waals surface area contributed by atoms with Crippen molar-refractivity contribution >= 4 is 16.3 Å². The minimum absolute atomic E-state index is 0.177. The zero-order chi connectivity index (χ0) is 11.0. The Kier molecular flexibility index (Phi) is 2.00. The van der Waals surface area contributed by atoms with E-state index in [1.54, 1.807) is 6.20 Å². The normalized spacial score (nSPS) is 10.8. The molecule has 0 atom stereocenters. The molecule has 0 aromatic carbocycles.